The zero-order valence-corrected chi connectivity index (χ0v) is 16.6. The maximum atomic E-state index is 12.5. The van der Waals surface area contributed by atoms with E-state index in [4.69, 9.17) is 25.8 Å². The minimum absolute atomic E-state index is 0.182. The number of carbonyl (C=O) groups is 2. The van der Waals surface area contributed by atoms with E-state index in [-0.39, 0.29) is 16.4 Å². The lowest BCUT2D eigenvalue weighted by Gasteiger charge is -2.15. The Balaban J connectivity index is 2.15. The van der Waals surface area contributed by atoms with Crippen LogP contribution in [0.3, 0.4) is 0 Å². The van der Waals surface area contributed by atoms with E-state index in [0.29, 0.717) is 23.7 Å². The summed E-state index contributed by atoms with van der Waals surface area (Å²) in [5.74, 6) is -0.247. The van der Waals surface area contributed by atoms with E-state index in [0.717, 1.165) is 12.0 Å². The fourth-order valence-corrected chi connectivity index (χ4v) is 2.81. The van der Waals surface area contributed by atoms with Crippen LogP contribution in [0.25, 0.3) is 0 Å². The Labute approximate surface area is 164 Å². The Hall–Kier alpha value is -2.53. The van der Waals surface area contributed by atoms with E-state index in [1.807, 2.05) is 26.0 Å². The third-order valence-corrected chi connectivity index (χ3v) is 4.33. The summed E-state index contributed by atoms with van der Waals surface area (Å²) < 4.78 is 16.0. The van der Waals surface area contributed by atoms with Crippen LogP contribution in [0.5, 0.6) is 11.5 Å². The van der Waals surface area contributed by atoms with Gasteiger partial charge in [-0.1, -0.05) is 42.8 Å². The third kappa shape index (κ3) is 5.01. The molecule has 0 saturated heterocycles. The molecule has 0 fully saturated rings. The van der Waals surface area contributed by atoms with Gasteiger partial charge in [0.15, 0.2) is 17.6 Å². The first kappa shape index (κ1) is 20.8. The first-order valence-corrected chi connectivity index (χ1v) is 9.13. The average molecular weight is 391 g/mol. The van der Waals surface area contributed by atoms with Gasteiger partial charge < -0.3 is 14.2 Å². The molecule has 0 radical (unpaired) electrons. The maximum absolute atomic E-state index is 12.5. The quantitative estimate of drug-likeness (QED) is 0.481. The molecule has 0 aliphatic carbocycles. The highest BCUT2D eigenvalue weighted by atomic mass is 35.5. The second-order valence-corrected chi connectivity index (χ2v) is 6.29. The normalized spacial score (nSPS) is 11.6. The fourth-order valence-electron chi connectivity index (χ4n) is 2.54. The highest BCUT2D eigenvalue weighted by Crippen LogP contribution is 2.36. The first-order chi connectivity index (χ1) is 12.9. The zero-order chi connectivity index (χ0) is 20.0. The first-order valence-electron chi connectivity index (χ1n) is 8.75. The van der Waals surface area contributed by atoms with Gasteiger partial charge in [0, 0.05) is 5.56 Å². The number of aryl methyl sites for hydroxylation is 1. The Bertz CT molecular complexity index is 814. The van der Waals surface area contributed by atoms with E-state index >= 15 is 0 Å². The van der Waals surface area contributed by atoms with Crippen LogP contribution < -0.4 is 9.47 Å². The molecule has 6 heteroatoms. The standard InChI is InChI=1S/C21H23ClO5/c1-5-14-7-9-15(10-8-14)19(23)13(3)27-21(24)16-11-17(22)20(26-6-2)18(12-16)25-4/h7-13H,5-6H2,1-4H3/t13-/m0/s1. The van der Waals surface area contributed by atoms with E-state index in [2.05, 4.69) is 0 Å². The molecule has 2 rings (SSSR count). The lowest BCUT2D eigenvalue weighted by atomic mass is 10.0. The summed E-state index contributed by atoms with van der Waals surface area (Å²) in [6.45, 7) is 5.80. The average Bonchev–Trinajstić information content (AvgIpc) is 2.68. The Kier molecular flexibility index (Phi) is 7.25. The number of benzene rings is 2. The summed E-state index contributed by atoms with van der Waals surface area (Å²) in [5, 5.41) is 0.234. The Morgan fingerprint density at radius 1 is 1.07 bits per heavy atom. The maximum Gasteiger partial charge on any atom is 0.339 e. The fraction of sp³-hybridized carbons (Fsp3) is 0.333. The number of methoxy groups -OCH3 is 1. The number of hydrogen-bond acceptors (Lipinski definition) is 5. The van der Waals surface area contributed by atoms with Crippen LogP contribution >= 0.6 is 11.6 Å². The molecule has 2 aromatic carbocycles. The Morgan fingerprint density at radius 3 is 2.30 bits per heavy atom. The van der Waals surface area contributed by atoms with Crippen molar-refractivity contribution in [3.63, 3.8) is 0 Å². The van der Waals surface area contributed by atoms with Crippen molar-refractivity contribution in [2.45, 2.75) is 33.3 Å². The molecule has 0 aliphatic heterocycles. The number of ether oxygens (including phenoxy) is 3. The molecule has 27 heavy (non-hydrogen) atoms. The number of hydrogen-bond donors (Lipinski definition) is 0. The van der Waals surface area contributed by atoms with E-state index < -0.39 is 12.1 Å². The number of carbonyl (C=O) groups excluding carboxylic acids is 2. The second-order valence-electron chi connectivity index (χ2n) is 5.88. The monoisotopic (exact) mass is 390 g/mol. The van der Waals surface area contributed by atoms with Crippen molar-refractivity contribution in [1.29, 1.82) is 0 Å². The van der Waals surface area contributed by atoms with Gasteiger partial charge in [-0.05, 0) is 38.0 Å². The van der Waals surface area contributed by atoms with Crippen molar-refractivity contribution < 1.29 is 23.8 Å². The summed E-state index contributed by atoms with van der Waals surface area (Å²) in [4.78, 5) is 24.9. The molecule has 0 unspecified atom stereocenters. The molecule has 144 valence electrons. The molecule has 2 aromatic rings. The molecule has 0 N–H and O–H groups in total. The van der Waals surface area contributed by atoms with Crippen LogP contribution in [0.15, 0.2) is 36.4 Å². The van der Waals surface area contributed by atoms with Crippen LogP contribution in [0.4, 0.5) is 0 Å². The highest BCUT2D eigenvalue weighted by molar-refractivity contribution is 6.32. The van der Waals surface area contributed by atoms with Crippen LogP contribution in [0.1, 0.15) is 47.1 Å². The largest absolute Gasteiger partial charge is 0.493 e. The van der Waals surface area contributed by atoms with Crippen molar-refractivity contribution in [1.82, 2.24) is 0 Å². The summed E-state index contributed by atoms with van der Waals surface area (Å²) in [6, 6.07) is 10.2. The van der Waals surface area contributed by atoms with Gasteiger partial charge in [0.25, 0.3) is 0 Å². The van der Waals surface area contributed by atoms with E-state index in [1.165, 1.54) is 19.2 Å². The van der Waals surface area contributed by atoms with E-state index in [1.54, 1.807) is 19.1 Å². The number of Topliss-reactive ketones (excluding diaryl/α,β-unsaturated/α-hetero) is 1. The van der Waals surface area contributed by atoms with Gasteiger partial charge in [-0.2, -0.15) is 0 Å². The molecule has 0 amide bonds. The van der Waals surface area contributed by atoms with Crippen LogP contribution in [0.2, 0.25) is 5.02 Å². The van der Waals surface area contributed by atoms with E-state index in [9.17, 15) is 9.59 Å². The SMILES string of the molecule is CCOc1c(Cl)cc(C(=O)O[C@@H](C)C(=O)c2ccc(CC)cc2)cc1OC. The number of rotatable bonds is 8. The van der Waals surface area contributed by atoms with Gasteiger partial charge in [0.1, 0.15) is 0 Å². The molecule has 1 atom stereocenters. The minimum Gasteiger partial charge on any atom is -0.493 e. The number of esters is 1. The molecule has 0 saturated carbocycles. The molecule has 5 nitrogen and oxygen atoms in total. The van der Waals surface area contributed by atoms with Crippen molar-refractivity contribution in [2.75, 3.05) is 13.7 Å². The van der Waals surface area contributed by atoms with Gasteiger partial charge in [0.2, 0.25) is 5.78 Å². The van der Waals surface area contributed by atoms with Crippen LogP contribution in [0, 0.1) is 0 Å². The summed E-state index contributed by atoms with van der Waals surface area (Å²) >= 11 is 6.18. The summed E-state index contributed by atoms with van der Waals surface area (Å²) in [6.07, 6.45) is -0.0411. The van der Waals surface area contributed by atoms with Gasteiger partial charge in [-0.3, -0.25) is 4.79 Å². The van der Waals surface area contributed by atoms with Crippen molar-refractivity contribution in [3.05, 3.63) is 58.1 Å². The number of ketones is 1. The molecular weight excluding hydrogens is 368 g/mol. The lowest BCUT2D eigenvalue weighted by Crippen LogP contribution is -2.24. The van der Waals surface area contributed by atoms with Gasteiger partial charge >= 0.3 is 5.97 Å². The lowest BCUT2D eigenvalue weighted by molar-refractivity contribution is 0.0318. The second kappa shape index (κ2) is 9.42. The van der Waals surface area contributed by atoms with Gasteiger partial charge in [0.05, 0.1) is 24.3 Å². The zero-order valence-electron chi connectivity index (χ0n) is 15.9. The predicted octanol–water partition coefficient (Wildman–Crippen LogP) is 4.74. The molecular formula is C21H23ClO5. The predicted molar refractivity (Wildman–Crippen MR) is 104 cm³/mol. The van der Waals surface area contributed by atoms with Crippen LogP contribution in [-0.4, -0.2) is 31.6 Å². The van der Waals surface area contributed by atoms with Crippen molar-refractivity contribution >= 4 is 23.4 Å². The van der Waals surface area contributed by atoms with Crippen molar-refractivity contribution in [3.8, 4) is 11.5 Å². The Morgan fingerprint density at radius 2 is 1.74 bits per heavy atom. The minimum atomic E-state index is -0.929. The molecule has 0 bridgehead atoms. The highest BCUT2D eigenvalue weighted by Gasteiger charge is 2.22. The van der Waals surface area contributed by atoms with Crippen molar-refractivity contribution in [2.24, 2.45) is 0 Å². The topological polar surface area (TPSA) is 61.8 Å². The summed E-state index contributed by atoms with van der Waals surface area (Å²) in [5.41, 5.74) is 1.81. The molecule has 0 aliphatic rings. The van der Waals surface area contributed by atoms with Gasteiger partial charge in [-0.25, -0.2) is 4.79 Å². The molecule has 0 heterocycles. The summed E-state index contributed by atoms with van der Waals surface area (Å²) in [7, 11) is 1.45. The van der Waals surface area contributed by atoms with Crippen LogP contribution in [-0.2, 0) is 11.2 Å². The third-order valence-electron chi connectivity index (χ3n) is 4.05. The molecule has 0 spiro atoms. The number of halogens is 1. The smallest absolute Gasteiger partial charge is 0.339 e. The molecule has 0 aromatic heterocycles. The van der Waals surface area contributed by atoms with Gasteiger partial charge in [-0.15, -0.1) is 0 Å².